The summed E-state index contributed by atoms with van der Waals surface area (Å²) in [5.74, 6) is 0.0925. The standard InChI is InChI=1S/C13H17N3O2S/c1-3-19(17,18)13-7-5-4-6-12(13)14-10-11-8-9-16(2)15-11/h4-9,14H,3,10H2,1-2H3. The zero-order valence-corrected chi connectivity index (χ0v) is 11.8. The van der Waals surface area contributed by atoms with Crippen molar-refractivity contribution in [2.24, 2.45) is 7.05 Å². The molecular weight excluding hydrogens is 262 g/mol. The summed E-state index contributed by atoms with van der Waals surface area (Å²) < 4.78 is 25.7. The lowest BCUT2D eigenvalue weighted by atomic mass is 10.3. The summed E-state index contributed by atoms with van der Waals surface area (Å²) in [6, 6.07) is 8.83. The van der Waals surface area contributed by atoms with E-state index in [1.807, 2.05) is 25.4 Å². The third kappa shape index (κ3) is 3.14. The smallest absolute Gasteiger partial charge is 0.180 e. The highest BCUT2D eigenvalue weighted by molar-refractivity contribution is 7.91. The first-order valence-electron chi connectivity index (χ1n) is 6.07. The largest absolute Gasteiger partial charge is 0.378 e. The Labute approximate surface area is 113 Å². The average molecular weight is 279 g/mol. The van der Waals surface area contributed by atoms with Crippen LogP contribution in [0.2, 0.25) is 0 Å². The number of sulfone groups is 1. The van der Waals surface area contributed by atoms with Crippen molar-refractivity contribution in [3.05, 3.63) is 42.2 Å². The molecule has 19 heavy (non-hydrogen) atoms. The number of para-hydroxylation sites is 1. The van der Waals surface area contributed by atoms with Gasteiger partial charge < -0.3 is 5.32 Å². The van der Waals surface area contributed by atoms with Crippen molar-refractivity contribution in [2.45, 2.75) is 18.4 Å². The number of hydrogen-bond acceptors (Lipinski definition) is 4. The van der Waals surface area contributed by atoms with Crippen molar-refractivity contribution in [3.63, 3.8) is 0 Å². The highest BCUT2D eigenvalue weighted by atomic mass is 32.2. The normalized spacial score (nSPS) is 11.5. The lowest BCUT2D eigenvalue weighted by Gasteiger charge is -2.10. The van der Waals surface area contributed by atoms with Crippen LogP contribution in [0.3, 0.4) is 0 Å². The SMILES string of the molecule is CCS(=O)(=O)c1ccccc1NCc1ccn(C)n1. The Balaban J connectivity index is 2.21. The van der Waals surface area contributed by atoms with E-state index in [0.717, 1.165) is 5.69 Å². The summed E-state index contributed by atoms with van der Waals surface area (Å²) in [5, 5.41) is 7.37. The molecule has 6 heteroatoms. The van der Waals surface area contributed by atoms with Gasteiger partial charge in [0.05, 0.1) is 28.6 Å². The van der Waals surface area contributed by atoms with Gasteiger partial charge in [-0.3, -0.25) is 4.68 Å². The summed E-state index contributed by atoms with van der Waals surface area (Å²) in [7, 11) is -1.37. The van der Waals surface area contributed by atoms with Gasteiger partial charge in [-0.1, -0.05) is 19.1 Å². The molecule has 0 fully saturated rings. The molecule has 0 unspecified atom stereocenters. The Bertz CT molecular complexity index is 662. The Morgan fingerprint density at radius 3 is 2.63 bits per heavy atom. The molecule has 0 amide bonds. The van der Waals surface area contributed by atoms with Crippen LogP contribution in [-0.4, -0.2) is 24.0 Å². The molecule has 102 valence electrons. The van der Waals surface area contributed by atoms with Crippen LogP contribution in [0.1, 0.15) is 12.6 Å². The molecule has 0 spiro atoms. The minimum Gasteiger partial charge on any atom is -0.378 e. The summed E-state index contributed by atoms with van der Waals surface area (Å²) >= 11 is 0. The fourth-order valence-electron chi connectivity index (χ4n) is 1.78. The predicted molar refractivity (Wildman–Crippen MR) is 74.7 cm³/mol. The molecule has 2 rings (SSSR count). The van der Waals surface area contributed by atoms with E-state index in [1.54, 1.807) is 29.8 Å². The van der Waals surface area contributed by atoms with Crippen LogP contribution in [0, 0.1) is 0 Å². The molecule has 0 aliphatic rings. The van der Waals surface area contributed by atoms with Crippen LogP contribution in [0.25, 0.3) is 0 Å². The van der Waals surface area contributed by atoms with E-state index in [9.17, 15) is 8.42 Å². The van der Waals surface area contributed by atoms with E-state index >= 15 is 0 Å². The van der Waals surface area contributed by atoms with Gasteiger partial charge in [0, 0.05) is 13.2 Å². The minimum absolute atomic E-state index is 0.0925. The number of nitrogens with zero attached hydrogens (tertiary/aromatic N) is 2. The summed E-state index contributed by atoms with van der Waals surface area (Å²) in [4.78, 5) is 0.341. The first-order valence-corrected chi connectivity index (χ1v) is 7.72. The Morgan fingerprint density at radius 1 is 1.26 bits per heavy atom. The maximum absolute atomic E-state index is 12.0. The molecule has 2 aromatic rings. The molecule has 5 nitrogen and oxygen atoms in total. The fraction of sp³-hybridized carbons (Fsp3) is 0.308. The van der Waals surface area contributed by atoms with Gasteiger partial charge in [0.25, 0.3) is 0 Å². The van der Waals surface area contributed by atoms with Crippen LogP contribution in [-0.2, 0) is 23.4 Å². The van der Waals surface area contributed by atoms with Gasteiger partial charge in [-0.05, 0) is 18.2 Å². The van der Waals surface area contributed by atoms with Crippen LogP contribution >= 0.6 is 0 Å². The molecule has 0 atom stereocenters. The minimum atomic E-state index is -3.22. The van der Waals surface area contributed by atoms with Crippen LogP contribution in [0.15, 0.2) is 41.4 Å². The van der Waals surface area contributed by atoms with Gasteiger partial charge in [0.15, 0.2) is 9.84 Å². The molecule has 1 N–H and O–H groups in total. The Morgan fingerprint density at radius 2 is 2.00 bits per heavy atom. The number of hydrogen-bond donors (Lipinski definition) is 1. The topological polar surface area (TPSA) is 64.0 Å². The van der Waals surface area contributed by atoms with Crippen LogP contribution in [0.4, 0.5) is 5.69 Å². The maximum Gasteiger partial charge on any atom is 0.180 e. The number of anilines is 1. The lowest BCUT2D eigenvalue weighted by molar-refractivity contribution is 0.597. The van der Waals surface area contributed by atoms with Crippen molar-refractivity contribution >= 4 is 15.5 Å². The molecule has 0 radical (unpaired) electrons. The van der Waals surface area contributed by atoms with Gasteiger partial charge in [0.1, 0.15) is 0 Å². The number of aryl methyl sites for hydroxylation is 1. The molecule has 0 aliphatic heterocycles. The van der Waals surface area contributed by atoms with Crippen molar-refractivity contribution in [3.8, 4) is 0 Å². The molecule has 1 heterocycles. The van der Waals surface area contributed by atoms with E-state index in [0.29, 0.717) is 17.1 Å². The van der Waals surface area contributed by atoms with Crippen molar-refractivity contribution in [2.75, 3.05) is 11.1 Å². The maximum atomic E-state index is 12.0. The average Bonchev–Trinajstić information content (AvgIpc) is 2.82. The van der Waals surface area contributed by atoms with E-state index in [1.165, 1.54) is 0 Å². The van der Waals surface area contributed by atoms with Crippen LogP contribution < -0.4 is 5.32 Å². The zero-order chi connectivity index (χ0) is 13.9. The predicted octanol–water partition coefficient (Wildman–Crippen LogP) is 1.83. The van der Waals surface area contributed by atoms with Crippen molar-refractivity contribution in [1.29, 1.82) is 0 Å². The number of benzene rings is 1. The summed E-state index contributed by atoms with van der Waals surface area (Å²) in [5.41, 5.74) is 1.49. The fourth-order valence-corrected chi connectivity index (χ4v) is 2.85. The molecule has 1 aromatic heterocycles. The van der Waals surface area contributed by atoms with Crippen molar-refractivity contribution < 1.29 is 8.42 Å². The molecule has 1 aromatic carbocycles. The third-order valence-electron chi connectivity index (χ3n) is 2.83. The molecule has 0 saturated heterocycles. The second kappa shape index (κ2) is 5.44. The number of aromatic nitrogens is 2. The monoisotopic (exact) mass is 279 g/mol. The first-order chi connectivity index (χ1) is 9.03. The van der Waals surface area contributed by atoms with Gasteiger partial charge in [-0.2, -0.15) is 5.10 Å². The number of rotatable bonds is 5. The third-order valence-corrected chi connectivity index (χ3v) is 4.62. The van der Waals surface area contributed by atoms with Crippen LogP contribution in [0.5, 0.6) is 0 Å². The first kappa shape index (κ1) is 13.6. The van der Waals surface area contributed by atoms with Gasteiger partial charge >= 0.3 is 0 Å². The Hall–Kier alpha value is -1.82. The van der Waals surface area contributed by atoms with Crippen molar-refractivity contribution in [1.82, 2.24) is 9.78 Å². The molecule has 0 aliphatic carbocycles. The van der Waals surface area contributed by atoms with E-state index in [4.69, 9.17) is 0 Å². The van der Waals surface area contributed by atoms with Gasteiger partial charge in [-0.25, -0.2) is 8.42 Å². The second-order valence-electron chi connectivity index (χ2n) is 4.23. The highest BCUT2D eigenvalue weighted by Crippen LogP contribution is 2.22. The zero-order valence-electron chi connectivity index (χ0n) is 11.0. The van der Waals surface area contributed by atoms with Gasteiger partial charge in [-0.15, -0.1) is 0 Å². The van der Waals surface area contributed by atoms with Gasteiger partial charge in [0.2, 0.25) is 0 Å². The Kier molecular flexibility index (Phi) is 3.90. The molecule has 0 saturated carbocycles. The summed E-state index contributed by atoms with van der Waals surface area (Å²) in [6.45, 7) is 2.14. The second-order valence-corrected chi connectivity index (χ2v) is 6.48. The molecular formula is C13H17N3O2S. The quantitative estimate of drug-likeness (QED) is 0.907. The van der Waals surface area contributed by atoms with E-state index < -0.39 is 9.84 Å². The van der Waals surface area contributed by atoms with E-state index in [-0.39, 0.29) is 5.75 Å². The summed E-state index contributed by atoms with van der Waals surface area (Å²) in [6.07, 6.45) is 1.85. The lowest BCUT2D eigenvalue weighted by Crippen LogP contribution is -2.09. The van der Waals surface area contributed by atoms with E-state index in [2.05, 4.69) is 10.4 Å². The highest BCUT2D eigenvalue weighted by Gasteiger charge is 2.15. The molecule has 0 bridgehead atoms. The number of nitrogens with one attached hydrogen (secondary N) is 1.